The second kappa shape index (κ2) is 5.54. The van der Waals surface area contributed by atoms with Crippen LogP contribution < -0.4 is 16.2 Å². The van der Waals surface area contributed by atoms with E-state index in [1.165, 1.54) is 13.3 Å². The molecule has 1 aromatic rings. The lowest BCUT2D eigenvalue weighted by Gasteiger charge is -2.05. The van der Waals surface area contributed by atoms with Gasteiger partial charge in [0.1, 0.15) is 0 Å². The Morgan fingerprint density at radius 3 is 2.75 bits per heavy atom. The molecule has 6 nitrogen and oxygen atoms in total. The first-order chi connectivity index (χ1) is 7.54. The van der Waals surface area contributed by atoms with Gasteiger partial charge in [0.2, 0.25) is 5.96 Å². The summed E-state index contributed by atoms with van der Waals surface area (Å²) >= 11 is 1.99. The number of halogens is 1. The van der Waals surface area contributed by atoms with Crippen LogP contribution in [0.15, 0.2) is 22.3 Å². The Balaban J connectivity index is 3.03. The summed E-state index contributed by atoms with van der Waals surface area (Å²) in [5, 5.41) is 16.7. The number of methoxy groups -OCH3 is 1. The molecule has 16 heavy (non-hydrogen) atoms. The Morgan fingerprint density at radius 2 is 2.19 bits per heavy atom. The highest BCUT2D eigenvalue weighted by molar-refractivity contribution is 14.1. The number of benzene rings is 1. The fraction of sp³-hybridized carbons (Fsp3) is 0.111. The van der Waals surface area contributed by atoms with E-state index in [0.29, 0.717) is 9.32 Å². The summed E-state index contributed by atoms with van der Waals surface area (Å²) in [4.78, 5) is 0. The zero-order chi connectivity index (χ0) is 12.1. The predicted octanol–water partition coefficient (Wildman–Crippen LogP) is 0.613. The van der Waals surface area contributed by atoms with Gasteiger partial charge in [-0.2, -0.15) is 5.10 Å². The minimum Gasteiger partial charge on any atom is -0.504 e. The fourth-order valence-electron chi connectivity index (χ4n) is 0.986. The molecule has 0 heterocycles. The summed E-state index contributed by atoms with van der Waals surface area (Å²) in [5.41, 5.74) is 11.0. The van der Waals surface area contributed by atoms with E-state index in [9.17, 15) is 5.11 Å². The largest absolute Gasteiger partial charge is 0.504 e. The lowest BCUT2D eigenvalue weighted by atomic mass is 10.2. The molecule has 5 N–H and O–H groups in total. The SMILES string of the molecule is COc1cc(C=NN=C(N)N)cc(I)c1O. The highest BCUT2D eigenvalue weighted by Gasteiger charge is 2.07. The smallest absolute Gasteiger partial charge is 0.211 e. The first-order valence-corrected chi connectivity index (χ1v) is 5.31. The summed E-state index contributed by atoms with van der Waals surface area (Å²) in [6.07, 6.45) is 1.46. The van der Waals surface area contributed by atoms with Crippen molar-refractivity contribution in [3.05, 3.63) is 21.3 Å². The fourth-order valence-corrected chi connectivity index (χ4v) is 1.61. The summed E-state index contributed by atoms with van der Waals surface area (Å²) in [6.45, 7) is 0. The van der Waals surface area contributed by atoms with E-state index in [-0.39, 0.29) is 11.7 Å². The minimum absolute atomic E-state index is 0.0992. The lowest BCUT2D eigenvalue weighted by molar-refractivity contribution is 0.371. The number of hydrogen-bond donors (Lipinski definition) is 3. The van der Waals surface area contributed by atoms with Crippen LogP contribution in [0.4, 0.5) is 0 Å². The van der Waals surface area contributed by atoms with E-state index in [2.05, 4.69) is 10.2 Å². The Bertz CT molecular complexity index is 441. The lowest BCUT2D eigenvalue weighted by Crippen LogP contribution is -2.21. The van der Waals surface area contributed by atoms with Crippen molar-refractivity contribution < 1.29 is 9.84 Å². The van der Waals surface area contributed by atoms with E-state index in [1.54, 1.807) is 12.1 Å². The van der Waals surface area contributed by atoms with Crippen molar-refractivity contribution in [1.29, 1.82) is 0 Å². The summed E-state index contributed by atoms with van der Waals surface area (Å²) in [5.74, 6) is 0.358. The molecule has 1 rings (SSSR count). The van der Waals surface area contributed by atoms with Gasteiger partial charge in [-0.15, -0.1) is 5.10 Å². The monoisotopic (exact) mass is 334 g/mol. The van der Waals surface area contributed by atoms with Crippen molar-refractivity contribution in [3.63, 3.8) is 0 Å². The molecular formula is C9H11IN4O2. The standard InChI is InChI=1S/C9H11IN4O2/c1-16-7-3-5(2-6(10)8(7)15)4-13-14-9(11)12/h2-4,15H,1H3,(H4,11,12,14). The average Bonchev–Trinajstić information content (AvgIpc) is 2.22. The average molecular weight is 334 g/mol. The van der Waals surface area contributed by atoms with Gasteiger partial charge in [-0.1, -0.05) is 0 Å². The van der Waals surface area contributed by atoms with Crippen LogP contribution in [-0.2, 0) is 0 Å². The zero-order valence-electron chi connectivity index (χ0n) is 8.51. The van der Waals surface area contributed by atoms with Gasteiger partial charge >= 0.3 is 0 Å². The molecular weight excluding hydrogens is 323 g/mol. The number of guanidine groups is 1. The van der Waals surface area contributed by atoms with E-state index < -0.39 is 0 Å². The Morgan fingerprint density at radius 1 is 1.50 bits per heavy atom. The van der Waals surface area contributed by atoms with Crippen molar-refractivity contribution in [3.8, 4) is 11.5 Å². The van der Waals surface area contributed by atoms with Crippen LogP contribution >= 0.6 is 22.6 Å². The van der Waals surface area contributed by atoms with Crippen molar-refractivity contribution in [2.75, 3.05) is 7.11 Å². The van der Waals surface area contributed by atoms with Gasteiger partial charge in [0.05, 0.1) is 16.9 Å². The molecule has 0 bridgehead atoms. The number of aromatic hydroxyl groups is 1. The second-order valence-electron chi connectivity index (χ2n) is 2.82. The third-order valence-corrected chi connectivity index (χ3v) is 2.47. The van der Waals surface area contributed by atoms with Crippen molar-refractivity contribution in [1.82, 2.24) is 0 Å². The molecule has 0 unspecified atom stereocenters. The molecule has 0 fully saturated rings. The summed E-state index contributed by atoms with van der Waals surface area (Å²) in [6, 6.07) is 3.35. The van der Waals surface area contributed by atoms with Gasteiger partial charge in [0, 0.05) is 0 Å². The molecule has 0 aliphatic heterocycles. The molecule has 0 aliphatic carbocycles. The van der Waals surface area contributed by atoms with Gasteiger partial charge in [-0.25, -0.2) is 0 Å². The first-order valence-electron chi connectivity index (χ1n) is 4.23. The maximum absolute atomic E-state index is 9.59. The summed E-state index contributed by atoms with van der Waals surface area (Å²) < 4.78 is 5.65. The Kier molecular flexibility index (Phi) is 4.35. The zero-order valence-corrected chi connectivity index (χ0v) is 10.7. The van der Waals surface area contributed by atoms with Crippen LogP contribution in [0, 0.1) is 3.57 Å². The van der Waals surface area contributed by atoms with Gasteiger partial charge in [-0.3, -0.25) is 0 Å². The third-order valence-electron chi connectivity index (χ3n) is 1.65. The molecule has 0 atom stereocenters. The van der Waals surface area contributed by atoms with Gasteiger partial charge in [0.25, 0.3) is 0 Å². The first kappa shape index (κ1) is 12.6. The molecule has 0 saturated heterocycles. The maximum Gasteiger partial charge on any atom is 0.211 e. The van der Waals surface area contributed by atoms with Crippen LogP contribution in [-0.4, -0.2) is 24.4 Å². The molecule has 0 saturated carbocycles. The summed E-state index contributed by atoms with van der Waals surface area (Å²) in [7, 11) is 1.47. The minimum atomic E-state index is -0.114. The van der Waals surface area contributed by atoms with Gasteiger partial charge < -0.3 is 21.3 Å². The molecule has 1 aromatic carbocycles. The number of rotatable bonds is 3. The van der Waals surface area contributed by atoms with Crippen molar-refractivity contribution in [2.24, 2.45) is 21.7 Å². The molecule has 0 aliphatic rings. The van der Waals surface area contributed by atoms with Gasteiger partial charge in [0.15, 0.2) is 11.5 Å². The molecule has 86 valence electrons. The molecule has 0 amide bonds. The Labute approximate surface area is 106 Å². The number of ether oxygens (including phenoxy) is 1. The number of hydrogen-bond acceptors (Lipinski definition) is 4. The van der Waals surface area contributed by atoms with Crippen LogP contribution in [0.25, 0.3) is 0 Å². The normalized spacial score (nSPS) is 10.4. The highest BCUT2D eigenvalue weighted by Crippen LogP contribution is 2.31. The number of nitrogens with two attached hydrogens (primary N) is 2. The topological polar surface area (TPSA) is 106 Å². The highest BCUT2D eigenvalue weighted by atomic mass is 127. The molecule has 0 radical (unpaired) electrons. The molecule has 7 heteroatoms. The van der Waals surface area contributed by atoms with Crippen LogP contribution in [0.1, 0.15) is 5.56 Å². The molecule has 0 aromatic heterocycles. The van der Waals surface area contributed by atoms with E-state index in [0.717, 1.165) is 5.56 Å². The predicted molar refractivity (Wildman–Crippen MR) is 70.8 cm³/mol. The van der Waals surface area contributed by atoms with Crippen molar-refractivity contribution >= 4 is 34.8 Å². The van der Waals surface area contributed by atoms with Crippen LogP contribution in [0.5, 0.6) is 11.5 Å². The van der Waals surface area contributed by atoms with E-state index in [4.69, 9.17) is 16.2 Å². The maximum atomic E-state index is 9.59. The number of phenolic OH excluding ortho intramolecular Hbond substituents is 1. The van der Waals surface area contributed by atoms with E-state index >= 15 is 0 Å². The Hall–Kier alpha value is -1.51. The van der Waals surface area contributed by atoms with Gasteiger partial charge in [-0.05, 0) is 40.3 Å². The van der Waals surface area contributed by atoms with Crippen LogP contribution in [0.2, 0.25) is 0 Å². The molecule has 0 spiro atoms. The van der Waals surface area contributed by atoms with Crippen LogP contribution in [0.3, 0.4) is 0 Å². The number of phenols is 1. The third kappa shape index (κ3) is 3.26. The quantitative estimate of drug-likeness (QED) is 0.326. The second-order valence-corrected chi connectivity index (χ2v) is 3.99. The van der Waals surface area contributed by atoms with E-state index in [1.807, 2.05) is 22.6 Å². The van der Waals surface area contributed by atoms with Crippen molar-refractivity contribution in [2.45, 2.75) is 0 Å². The number of nitrogens with zero attached hydrogens (tertiary/aromatic N) is 2.